The fourth-order valence-corrected chi connectivity index (χ4v) is 5.51. The van der Waals surface area contributed by atoms with Crippen LogP contribution in [0, 0.1) is 20.8 Å². The molecule has 0 saturated carbocycles. The van der Waals surface area contributed by atoms with Crippen molar-refractivity contribution in [2.75, 3.05) is 51.3 Å². The van der Waals surface area contributed by atoms with E-state index in [1.165, 1.54) is 16.8 Å². The Labute approximate surface area is 266 Å². The number of imidazole rings is 1. The predicted molar refractivity (Wildman–Crippen MR) is 178 cm³/mol. The van der Waals surface area contributed by atoms with E-state index in [4.69, 9.17) is 9.72 Å². The lowest BCUT2D eigenvalue weighted by molar-refractivity contribution is 0.0847. The summed E-state index contributed by atoms with van der Waals surface area (Å²) < 4.78 is 7.57. The number of piperazine rings is 1. The Bertz CT molecular complexity index is 1500. The van der Waals surface area contributed by atoms with Crippen LogP contribution < -0.4 is 15.0 Å². The average Bonchev–Trinajstić information content (AvgIpc) is 3.35. The SMILES string of the molecule is COc1ccccc1-n1c(-c2ccccc2)nc(C(=O)NCC(O)CN2CCN(c3cccc(C)c3C)CC2)c1C.Cl.Cl. The first-order valence-corrected chi connectivity index (χ1v) is 14.1. The molecule has 2 N–H and O–H groups in total. The number of hydrogen-bond donors (Lipinski definition) is 2. The van der Waals surface area contributed by atoms with E-state index in [1.807, 2.05) is 66.1 Å². The second-order valence-electron chi connectivity index (χ2n) is 10.6. The zero-order chi connectivity index (χ0) is 28.9. The molecule has 2 heterocycles. The lowest BCUT2D eigenvalue weighted by Crippen LogP contribution is -2.50. The predicted octanol–water partition coefficient (Wildman–Crippen LogP) is 5.23. The van der Waals surface area contributed by atoms with Gasteiger partial charge in [0.05, 0.1) is 24.6 Å². The highest BCUT2D eigenvalue weighted by molar-refractivity contribution is 5.94. The maximum Gasteiger partial charge on any atom is 0.271 e. The molecule has 4 aromatic rings. The van der Waals surface area contributed by atoms with Gasteiger partial charge in [0.15, 0.2) is 0 Å². The summed E-state index contributed by atoms with van der Waals surface area (Å²) in [4.78, 5) is 22.8. The molecular weight excluding hydrogens is 585 g/mol. The number of ether oxygens (including phenoxy) is 1. The molecule has 1 aliphatic heterocycles. The minimum Gasteiger partial charge on any atom is -0.495 e. The summed E-state index contributed by atoms with van der Waals surface area (Å²) in [7, 11) is 1.63. The molecule has 10 heteroatoms. The topological polar surface area (TPSA) is 82.9 Å². The van der Waals surface area contributed by atoms with Crippen molar-refractivity contribution in [2.45, 2.75) is 26.9 Å². The number of halogens is 2. The number of nitrogens with zero attached hydrogens (tertiary/aromatic N) is 4. The van der Waals surface area contributed by atoms with E-state index in [1.54, 1.807) is 7.11 Å². The molecule has 0 bridgehead atoms. The van der Waals surface area contributed by atoms with E-state index in [2.05, 4.69) is 47.2 Å². The number of aliphatic hydroxyl groups excluding tert-OH is 1. The van der Waals surface area contributed by atoms with E-state index in [9.17, 15) is 9.90 Å². The van der Waals surface area contributed by atoms with Crippen molar-refractivity contribution in [1.82, 2.24) is 19.8 Å². The molecule has 3 aromatic carbocycles. The van der Waals surface area contributed by atoms with Crippen LogP contribution >= 0.6 is 24.8 Å². The molecule has 1 saturated heterocycles. The fraction of sp³-hybridized carbons (Fsp3) is 0.333. The third kappa shape index (κ3) is 7.51. The molecule has 0 radical (unpaired) electrons. The standard InChI is InChI=1S/C33H39N5O3.2ClH/c1-23-11-10-15-28(24(23)2)37-19-17-36(18-20-37)22-27(39)21-34-33(40)31-25(3)38(29-14-8-9-16-30(29)41-4)32(35-31)26-12-6-5-7-13-26;;/h5-16,27,39H,17-22H2,1-4H3,(H,34,40);2*1H. The van der Waals surface area contributed by atoms with Crippen LogP contribution in [0.5, 0.6) is 5.75 Å². The molecule has 1 unspecified atom stereocenters. The normalized spacial score (nSPS) is 13.9. The van der Waals surface area contributed by atoms with Gasteiger partial charge in [0, 0.05) is 50.5 Å². The molecule has 1 aliphatic rings. The summed E-state index contributed by atoms with van der Waals surface area (Å²) in [6, 6.07) is 23.9. The maximum absolute atomic E-state index is 13.4. The first-order chi connectivity index (χ1) is 19.9. The molecular formula is C33H41Cl2N5O3. The van der Waals surface area contributed by atoms with Gasteiger partial charge in [-0.25, -0.2) is 4.98 Å². The molecule has 1 amide bonds. The number of hydrogen-bond acceptors (Lipinski definition) is 6. The van der Waals surface area contributed by atoms with Crippen LogP contribution in [-0.4, -0.2) is 77.9 Å². The lowest BCUT2D eigenvalue weighted by Gasteiger charge is -2.37. The maximum atomic E-state index is 13.4. The van der Waals surface area contributed by atoms with Crippen molar-refractivity contribution in [3.8, 4) is 22.8 Å². The number of rotatable bonds is 9. The number of amides is 1. The number of aryl methyl sites for hydroxylation is 1. The van der Waals surface area contributed by atoms with Crippen LogP contribution in [0.1, 0.15) is 27.3 Å². The minimum absolute atomic E-state index is 0. The van der Waals surface area contributed by atoms with Gasteiger partial charge in [0.25, 0.3) is 5.91 Å². The lowest BCUT2D eigenvalue weighted by atomic mass is 10.1. The Balaban J connectivity index is 0.00000253. The summed E-state index contributed by atoms with van der Waals surface area (Å²) in [6.07, 6.45) is -0.684. The molecule has 0 spiro atoms. The number of carbonyl (C=O) groups excluding carboxylic acids is 1. The van der Waals surface area contributed by atoms with Crippen molar-refractivity contribution < 1.29 is 14.6 Å². The number of para-hydroxylation sites is 2. The van der Waals surface area contributed by atoms with Crippen LogP contribution in [0.3, 0.4) is 0 Å². The van der Waals surface area contributed by atoms with Gasteiger partial charge >= 0.3 is 0 Å². The van der Waals surface area contributed by atoms with E-state index < -0.39 is 6.10 Å². The van der Waals surface area contributed by atoms with Crippen molar-refractivity contribution >= 4 is 36.4 Å². The van der Waals surface area contributed by atoms with Gasteiger partial charge in [-0.05, 0) is 50.1 Å². The van der Waals surface area contributed by atoms with Gasteiger partial charge in [0.1, 0.15) is 17.3 Å². The van der Waals surface area contributed by atoms with Crippen molar-refractivity contribution in [1.29, 1.82) is 0 Å². The fourth-order valence-electron chi connectivity index (χ4n) is 5.51. The van der Waals surface area contributed by atoms with Gasteiger partial charge in [-0.1, -0.05) is 54.6 Å². The number of methoxy groups -OCH3 is 1. The Morgan fingerprint density at radius 1 is 0.907 bits per heavy atom. The summed E-state index contributed by atoms with van der Waals surface area (Å²) in [6.45, 7) is 10.4. The van der Waals surface area contributed by atoms with Gasteiger partial charge in [-0.15, -0.1) is 24.8 Å². The summed E-state index contributed by atoms with van der Waals surface area (Å²) >= 11 is 0. The van der Waals surface area contributed by atoms with E-state index >= 15 is 0 Å². The average molecular weight is 627 g/mol. The number of carbonyl (C=O) groups is 1. The number of benzene rings is 3. The first-order valence-electron chi connectivity index (χ1n) is 14.1. The van der Waals surface area contributed by atoms with Gasteiger partial charge in [-0.2, -0.15) is 0 Å². The highest BCUT2D eigenvalue weighted by atomic mass is 35.5. The third-order valence-corrected chi connectivity index (χ3v) is 7.94. The minimum atomic E-state index is -0.684. The number of aliphatic hydroxyl groups is 1. The third-order valence-electron chi connectivity index (χ3n) is 7.94. The molecule has 1 aromatic heterocycles. The van der Waals surface area contributed by atoms with Crippen molar-refractivity contribution in [3.63, 3.8) is 0 Å². The van der Waals surface area contributed by atoms with Crippen molar-refractivity contribution in [2.24, 2.45) is 0 Å². The Morgan fingerprint density at radius 3 is 2.26 bits per heavy atom. The van der Waals surface area contributed by atoms with Crippen LogP contribution in [0.4, 0.5) is 5.69 Å². The highest BCUT2D eigenvalue weighted by Gasteiger charge is 2.25. The van der Waals surface area contributed by atoms with Crippen LogP contribution in [0.15, 0.2) is 72.8 Å². The van der Waals surface area contributed by atoms with Gasteiger partial charge in [0.2, 0.25) is 0 Å². The van der Waals surface area contributed by atoms with Gasteiger partial charge < -0.3 is 20.1 Å². The van der Waals surface area contributed by atoms with E-state index in [0.717, 1.165) is 37.4 Å². The van der Waals surface area contributed by atoms with Crippen LogP contribution in [-0.2, 0) is 0 Å². The zero-order valence-corrected chi connectivity index (χ0v) is 26.8. The smallest absolute Gasteiger partial charge is 0.271 e. The molecule has 1 atom stereocenters. The van der Waals surface area contributed by atoms with E-state index in [-0.39, 0.29) is 37.3 Å². The number of β-amino-alcohol motifs (C(OH)–C–C–N with tert-alkyl or cyclic N) is 1. The van der Waals surface area contributed by atoms with Crippen LogP contribution in [0.2, 0.25) is 0 Å². The monoisotopic (exact) mass is 625 g/mol. The molecule has 43 heavy (non-hydrogen) atoms. The van der Waals surface area contributed by atoms with Crippen molar-refractivity contribution in [3.05, 3.63) is 95.3 Å². The Kier molecular flexibility index (Phi) is 12.0. The van der Waals surface area contributed by atoms with Gasteiger partial charge in [-0.3, -0.25) is 14.3 Å². The summed E-state index contributed by atoms with van der Waals surface area (Å²) in [5.74, 6) is 1.03. The number of anilines is 1. The molecule has 8 nitrogen and oxygen atoms in total. The van der Waals surface area contributed by atoms with E-state index in [0.29, 0.717) is 29.5 Å². The zero-order valence-electron chi connectivity index (χ0n) is 25.1. The summed E-state index contributed by atoms with van der Waals surface area (Å²) in [5.41, 5.74) is 6.62. The summed E-state index contributed by atoms with van der Waals surface area (Å²) in [5, 5.41) is 13.7. The molecule has 5 rings (SSSR count). The molecule has 1 fully saturated rings. The highest BCUT2D eigenvalue weighted by Crippen LogP contribution is 2.31. The Hall–Kier alpha value is -3.56. The largest absolute Gasteiger partial charge is 0.495 e. The Morgan fingerprint density at radius 2 is 1.56 bits per heavy atom. The first kappa shape index (κ1) is 33.9. The number of nitrogens with one attached hydrogen (secondary N) is 1. The molecule has 230 valence electrons. The second-order valence-corrected chi connectivity index (χ2v) is 10.6. The quantitative estimate of drug-likeness (QED) is 0.265. The van der Waals surface area contributed by atoms with Crippen LogP contribution in [0.25, 0.3) is 17.1 Å². The number of aromatic nitrogens is 2. The second kappa shape index (κ2) is 15.3. The molecule has 0 aliphatic carbocycles.